The lowest BCUT2D eigenvalue weighted by Crippen LogP contribution is -2.46. The van der Waals surface area contributed by atoms with E-state index >= 15 is 0 Å². The first-order valence-corrected chi connectivity index (χ1v) is 14.1. The van der Waals surface area contributed by atoms with E-state index in [9.17, 15) is 21.9 Å². The van der Waals surface area contributed by atoms with Crippen LogP contribution in [0.2, 0.25) is 0 Å². The summed E-state index contributed by atoms with van der Waals surface area (Å²) in [6.45, 7) is 7.47. The lowest BCUT2D eigenvalue weighted by molar-refractivity contribution is 0.116. The highest BCUT2D eigenvalue weighted by Gasteiger charge is 2.31. The first-order valence-electron chi connectivity index (χ1n) is 11.2. The molecule has 190 valence electrons. The maximum atomic E-state index is 13.3. The summed E-state index contributed by atoms with van der Waals surface area (Å²) in [4.78, 5) is 0.213. The third-order valence-electron chi connectivity index (χ3n) is 5.04. The molecule has 1 unspecified atom stereocenters. The zero-order valence-electron chi connectivity index (χ0n) is 20.5. The van der Waals surface area contributed by atoms with E-state index in [1.54, 1.807) is 30.3 Å². The molecular formula is C24H36N2O6S2. The van der Waals surface area contributed by atoms with Crippen molar-refractivity contribution in [1.82, 2.24) is 8.61 Å². The fraction of sp³-hybridized carbons (Fsp3) is 0.500. The zero-order valence-corrected chi connectivity index (χ0v) is 22.1. The van der Waals surface area contributed by atoms with Crippen LogP contribution in [-0.2, 0) is 20.0 Å². The number of benzene rings is 2. The van der Waals surface area contributed by atoms with Gasteiger partial charge in [0.1, 0.15) is 5.75 Å². The van der Waals surface area contributed by atoms with Crippen molar-refractivity contribution in [3.63, 3.8) is 0 Å². The molecule has 0 fully saturated rings. The van der Waals surface area contributed by atoms with Gasteiger partial charge in [0.25, 0.3) is 0 Å². The lowest BCUT2D eigenvalue weighted by atomic mass is 10.2. The second-order valence-electron chi connectivity index (χ2n) is 9.07. The SMILES string of the molecule is COc1ccc(S(=O)(=O)N(CC(C)C)CC(O)CN(CC(C)C)S(=O)(=O)c2ccccc2)cc1. The molecule has 0 radical (unpaired) electrons. The molecule has 1 N–H and O–H groups in total. The third-order valence-corrected chi connectivity index (χ3v) is 8.74. The molecule has 2 rings (SSSR count). The fourth-order valence-electron chi connectivity index (χ4n) is 3.52. The number of sulfonamides is 2. The average molecular weight is 513 g/mol. The fourth-order valence-corrected chi connectivity index (χ4v) is 6.83. The van der Waals surface area contributed by atoms with Crippen molar-refractivity contribution < 1.29 is 26.7 Å². The molecule has 2 aromatic rings. The van der Waals surface area contributed by atoms with Crippen LogP contribution in [0, 0.1) is 11.8 Å². The lowest BCUT2D eigenvalue weighted by Gasteiger charge is -2.30. The molecule has 0 heterocycles. The Morgan fingerprint density at radius 2 is 1.12 bits per heavy atom. The molecule has 0 saturated heterocycles. The van der Waals surface area contributed by atoms with E-state index in [1.807, 2.05) is 27.7 Å². The monoisotopic (exact) mass is 512 g/mol. The largest absolute Gasteiger partial charge is 0.497 e. The van der Waals surface area contributed by atoms with Crippen LogP contribution >= 0.6 is 0 Å². The number of ether oxygens (including phenoxy) is 1. The average Bonchev–Trinajstić information content (AvgIpc) is 2.78. The number of aliphatic hydroxyl groups excluding tert-OH is 1. The van der Waals surface area contributed by atoms with Crippen LogP contribution in [-0.4, -0.2) is 69.9 Å². The molecule has 0 bridgehead atoms. The number of hydrogen-bond donors (Lipinski definition) is 1. The summed E-state index contributed by atoms with van der Waals surface area (Å²) in [6.07, 6.45) is -1.22. The third kappa shape index (κ3) is 7.51. The van der Waals surface area contributed by atoms with E-state index < -0.39 is 26.2 Å². The van der Waals surface area contributed by atoms with E-state index in [-0.39, 0.29) is 47.8 Å². The number of methoxy groups -OCH3 is 1. The number of rotatable bonds is 13. The maximum absolute atomic E-state index is 13.3. The summed E-state index contributed by atoms with van der Waals surface area (Å²) in [7, 11) is -6.27. The first kappa shape index (κ1) is 28.3. The molecule has 0 aliphatic rings. The highest BCUT2D eigenvalue weighted by molar-refractivity contribution is 7.89. The Morgan fingerprint density at radius 3 is 1.50 bits per heavy atom. The molecule has 10 heteroatoms. The van der Waals surface area contributed by atoms with E-state index in [2.05, 4.69) is 0 Å². The second kappa shape index (κ2) is 12.1. The topological polar surface area (TPSA) is 104 Å². The second-order valence-corrected chi connectivity index (χ2v) is 13.0. The Kier molecular flexibility index (Phi) is 10.1. The molecule has 0 amide bonds. The van der Waals surface area contributed by atoms with Gasteiger partial charge in [-0.05, 0) is 48.2 Å². The van der Waals surface area contributed by atoms with E-state index in [4.69, 9.17) is 4.74 Å². The van der Waals surface area contributed by atoms with E-state index in [0.717, 1.165) is 0 Å². The van der Waals surface area contributed by atoms with Gasteiger partial charge < -0.3 is 9.84 Å². The van der Waals surface area contributed by atoms with Gasteiger partial charge in [-0.3, -0.25) is 0 Å². The smallest absolute Gasteiger partial charge is 0.243 e. The van der Waals surface area contributed by atoms with Crippen LogP contribution in [0.25, 0.3) is 0 Å². The molecule has 34 heavy (non-hydrogen) atoms. The van der Waals surface area contributed by atoms with Gasteiger partial charge in [0.2, 0.25) is 20.0 Å². The van der Waals surface area contributed by atoms with Crippen molar-refractivity contribution in [2.75, 3.05) is 33.3 Å². The van der Waals surface area contributed by atoms with Crippen LogP contribution < -0.4 is 4.74 Å². The molecule has 0 aliphatic carbocycles. The molecule has 2 aromatic carbocycles. The Labute approximate surface area is 204 Å². The zero-order chi connectivity index (χ0) is 25.5. The van der Waals surface area contributed by atoms with Gasteiger partial charge in [-0.1, -0.05) is 45.9 Å². The van der Waals surface area contributed by atoms with Gasteiger partial charge in [-0.2, -0.15) is 8.61 Å². The van der Waals surface area contributed by atoms with Crippen LogP contribution in [0.5, 0.6) is 5.75 Å². The standard InChI is InChI=1S/C24H36N2O6S2/c1-19(2)15-25(33(28,29)23-9-7-6-8-10-23)17-21(27)18-26(16-20(3)4)34(30,31)24-13-11-22(32-5)12-14-24/h6-14,19-21,27H,15-18H2,1-5H3. The van der Waals surface area contributed by atoms with Gasteiger partial charge in [0, 0.05) is 26.2 Å². The molecule has 0 saturated carbocycles. The van der Waals surface area contributed by atoms with Crippen molar-refractivity contribution in [2.45, 2.75) is 43.6 Å². The van der Waals surface area contributed by atoms with Crippen molar-refractivity contribution in [3.8, 4) is 5.75 Å². The number of nitrogens with zero attached hydrogens (tertiary/aromatic N) is 2. The first-order chi connectivity index (χ1) is 15.9. The van der Waals surface area contributed by atoms with Crippen molar-refractivity contribution in [2.24, 2.45) is 11.8 Å². The summed E-state index contributed by atoms with van der Waals surface area (Å²) < 4.78 is 60.6. The Morgan fingerprint density at radius 1 is 0.706 bits per heavy atom. The molecule has 8 nitrogen and oxygen atoms in total. The van der Waals surface area contributed by atoms with Crippen molar-refractivity contribution >= 4 is 20.0 Å². The molecular weight excluding hydrogens is 476 g/mol. The van der Waals surface area contributed by atoms with Gasteiger partial charge in [0.15, 0.2) is 0 Å². The summed E-state index contributed by atoms with van der Waals surface area (Å²) in [5.41, 5.74) is 0. The Hall–Kier alpha value is -1.98. The van der Waals surface area contributed by atoms with Gasteiger partial charge in [-0.25, -0.2) is 16.8 Å². The van der Waals surface area contributed by atoms with Gasteiger partial charge in [-0.15, -0.1) is 0 Å². The summed E-state index contributed by atoms with van der Waals surface area (Å²) >= 11 is 0. The Balaban J connectivity index is 2.29. The van der Waals surface area contributed by atoms with Crippen LogP contribution in [0.3, 0.4) is 0 Å². The minimum atomic E-state index is -3.91. The minimum absolute atomic E-state index is 0.0000387. The molecule has 1 atom stereocenters. The number of hydrogen-bond acceptors (Lipinski definition) is 6. The maximum Gasteiger partial charge on any atom is 0.243 e. The predicted octanol–water partition coefficient (Wildman–Crippen LogP) is 3.05. The van der Waals surface area contributed by atoms with E-state index in [0.29, 0.717) is 5.75 Å². The quantitative estimate of drug-likeness (QED) is 0.442. The van der Waals surface area contributed by atoms with Crippen molar-refractivity contribution in [1.29, 1.82) is 0 Å². The van der Waals surface area contributed by atoms with Gasteiger partial charge in [0.05, 0.1) is 23.0 Å². The van der Waals surface area contributed by atoms with Gasteiger partial charge >= 0.3 is 0 Å². The highest BCUT2D eigenvalue weighted by Crippen LogP contribution is 2.22. The summed E-state index contributed by atoms with van der Waals surface area (Å²) in [6, 6.07) is 14.1. The van der Waals surface area contributed by atoms with Crippen LogP contribution in [0.15, 0.2) is 64.4 Å². The van der Waals surface area contributed by atoms with Crippen LogP contribution in [0.1, 0.15) is 27.7 Å². The number of aliphatic hydroxyl groups is 1. The van der Waals surface area contributed by atoms with E-state index in [1.165, 1.54) is 40.0 Å². The van der Waals surface area contributed by atoms with Crippen LogP contribution in [0.4, 0.5) is 0 Å². The minimum Gasteiger partial charge on any atom is -0.497 e. The Bertz CT molecular complexity index is 1100. The van der Waals surface area contributed by atoms with Crippen molar-refractivity contribution in [3.05, 3.63) is 54.6 Å². The predicted molar refractivity (Wildman–Crippen MR) is 133 cm³/mol. The summed E-state index contributed by atoms with van der Waals surface area (Å²) in [5, 5.41) is 10.9. The summed E-state index contributed by atoms with van der Waals surface area (Å²) in [5.74, 6) is 0.547. The highest BCUT2D eigenvalue weighted by atomic mass is 32.2. The molecule has 0 aliphatic heterocycles. The normalized spacial score (nSPS) is 13.7. The molecule has 0 spiro atoms. The molecule has 0 aromatic heterocycles.